The highest BCUT2D eigenvalue weighted by Crippen LogP contribution is 2.26. The Labute approximate surface area is 143 Å². The first-order valence-corrected chi connectivity index (χ1v) is 8.82. The van der Waals surface area contributed by atoms with Crippen LogP contribution in [0.2, 0.25) is 0 Å². The van der Waals surface area contributed by atoms with Gasteiger partial charge in [0.05, 0.1) is 5.69 Å². The van der Waals surface area contributed by atoms with E-state index in [-0.39, 0.29) is 17.7 Å². The molecule has 24 heavy (non-hydrogen) atoms. The second-order valence-corrected chi connectivity index (χ2v) is 7.31. The fraction of sp³-hybridized carbons (Fsp3) is 0.667. The molecule has 1 fully saturated rings. The van der Waals surface area contributed by atoms with Crippen LogP contribution in [0.15, 0.2) is 6.20 Å². The van der Waals surface area contributed by atoms with Crippen LogP contribution in [-0.2, 0) is 22.6 Å². The lowest BCUT2D eigenvalue weighted by Gasteiger charge is -2.29. The van der Waals surface area contributed by atoms with Crippen molar-refractivity contribution in [2.45, 2.75) is 52.5 Å². The van der Waals surface area contributed by atoms with Gasteiger partial charge in [0.25, 0.3) is 0 Å². The Balaban J connectivity index is 1.68. The summed E-state index contributed by atoms with van der Waals surface area (Å²) in [5.74, 6) is 1.80. The Kier molecular flexibility index (Phi) is 4.83. The number of likely N-dealkylation sites (tertiary alicyclic amines) is 1. The average Bonchev–Trinajstić information content (AvgIpc) is 3.03. The second-order valence-electron chi connectivity index (χ2n) is 7.31. The number of carbonyl (C=O) groups is 2. The smallest absolute Gasteiger partial charge is 0.223 e. The van der Waals surface area contributed by atoms with Crippen LogP contribution >= 0.6 is 0 Å². The first-order chi connectivity index (χ1) is 11.4. The van der Waals surface area contributed by atoms with Crippen molar-refractivity contribution in [3.05, 3.63) is 23.3 Å². The largest absolute Gasteiger partial charge is 0.342 e. The molecule has 1 atom stereocenters. The Morgan fingerprint density at radius 2 is 2.08 bits per heavy atom. The maximum Gasteiger partial charge on any atom is 0.223 e. The third-order valence-corrected chi connectivity index (χ3v) is 4.89. The summed E-state index contributed by atoms with van der Waals surface area (Å²) in [6.45, 7) is 8.60. The molecule has 3 heterocycles. The van der Waals surface area contributed by atoms with E-state index in [9.17, 15) is 9.59 Å². The number of carbonyl (C=O) groups excluding carboxylic acids is 2. The van der Waals surface area contributed by atoms with E-state index in [0.29, 0.717) is 25.4 Å². The van der Waals surface area contributed by atoms with Gasteiger partial charge in [-0.1, -0.05) is 13.8 Å². The van der Waals surface area contributed by atoms with Crippen molar-refractivity contribution in [2.75, 3.05) is 19.6 Å². The van der Waals surface area contributed by atoms with Crippen LogP contribution in [0.1, 0.15) is 56.6 Å². The Morgan fingerprint density at radius 1 is 1.29 bits per heavy atom. The molecule has 0 spiro atoms. The van der Waals surface area contributed by atoms with Crippen molar-refractivity contribution < 1.29 is 9.59 Å². The highest BCUT2D eigenvalue weighted by Gasteiger charge is 2.29. The molecule has 1 aromatic heterocycles. The molecule has 6 nitrogen and oxygen atoms in total. The number of fused-ring (bicyclic) bond motifs is 1. The molecule has 3 rings (SSSR count). The van der Waals surface area contributed by atoms with Crippen molar-refractivity contribution in [3.63, 3.8) is 0 Å². The van der Waals surface area contributed by atoms with E-state index in [1.807, 2.05) is 16.0 Å². The normalized spacial score (nSPS) is 20.4. The van der Waals surface area contributed by atoms with Gasteiger partial charge in [-0.3, -0.25) is 9.59 Å². The Morgan fingerprint density at radius 3 is 2.75 bits per heavy atom. The van der Waals surface area contributed by atoms with Crippen LogP contribution in [0.5, 0.6) is 0 Å². The molecule has 0 saturated carbocycles. The number of amides is 2. The molecular weight excluding hydrogens is 304 g/mol. The number of hydrogen-bond acceptors (Lipinski definition) is 4. The van der Waals surface area contributed by atoms with E-state index in [4.69, 9.17) is 4.98 Å². The molecule has 130 valence electrons. The van der Waals surface area contributed by atoms with Crippen LogP contribution in [0, 0.1) is 5.92 Å². The van der Waals surface area contributed by atoms with Gasteiger partial charge in [0, 0.05) is 63.6 Å². The maximum atomic E-state index is 12.2. The van der Waals surface area contributed by atoms with Crippen LogP contribution in [0.4, 0.5) is 0 Å². The lowest BCUT2D eigenvalue weighted by Crippen LogP contribution is -2.37. The lowest BCUT2D eigenvalue weighted by molar-refractivity contribution is -0.133. The summed E-state index contributed by atoms with van der Waals surface area (Å²) in [6.07, 6.45) is 4.19. The first-order valence-electron chi connectivity index (χ1n) is 8.82. The fourth-order valence-electron chi connectivity index (χ4n) is 3.48. The van der Waals surface area contributed by atoms with Gasteiger partial charge in [0.1, 0.15) is 5.82 Å². The predicted molar refractivity (Wildman–Crippen MR) is 90.2 cm³/mol. The molecule has 1 saturated heterocycles. The topological polar surface area (TPSA) is 66.4 Å². The SMILES string of the molecule is CC(=O)N1CCC(c2ncc3c(n2)CCN(C(=O)CC(C)C)C3)C1. The van der Waals surface area contributed by atoms with E-state index in [1.165, 1.54) is 0 Å². The number of hydrogen-bond donors (Lipinski definition) is 0. The predicted octanol–water partition coefficient (Wildman–Crippen LogP) is 1.74. The minimum Gasteiger partial charge on any atom is -0.342 e. The van der Waals surface area contributed by atoms with Gasteiger partial charge >= 0.3 is 0 Å². The van der Waals surface area contributed by atoms with Crippen molar-refractivity contribution in [1.29, 1.82) is 0 Å². The zero-order chi connectivity index (χ0) is 17.3. The first kappa shape index (κ1) is 16.9. The molecule has 2 amide bonds. The summed E-state index contributed by atoms with van der Waals surface area (Å²) < 4.78 is 0. The molecule has 0 radical (unpaired) electrons. The molecule has 1 unspecified atom stereocenters. The van der Waals surface area contributed by atoms with Crippen LogP contribution < -0.4 is 0 Å². The van der Waals surface area contributed by atoms with Crippen molar-refractivity contribution in [1.82, 2.24) is 19.8 Å². The van der Waals surface area contributed by atoms with Crippen molar-refractivity contribution in [2.24, 2.45) is 5.92 Å². The minimum absolute atomic E-state index is 0.120. The molecule has 1 aromatic rings. The molecule has 0 aliphatic carbocycles. The third kappa shape index (κ3) is 3.57. The van der Waals surface area contributed by atoms with E-state index in [2.05, 4.69) is 18.8 Å². The Hall–Kier alpha value is -1.98. The molecular formula is C18H26N4O2. The second kappa shape index (κ2) is 6.87. The highest BCUT2D eigenvalue weighted by atomic mass is 16.2. The molecule has 2 aliphatic heterocycles. The monoisotopic (exact) mass is 330 g/mol. The molecule has 2 aliphatic rings. The zero-order valence-corrected chi connectivity index (χ0v) is 14.8. The van der Waals surface area contributed by atoms with Crippen LogP contribution in [0.25, 0.3) is 0 Å². The van der Waals surface area contributed by atoms with Gasteiger partial charge < -0.3 is 9.80 Å². The third-order valence-electron chi connectivity index (χ3n) is 4.89. The zero-order valence-electron chi connectivity index (χ0n) is 14.8. The molecule has 6 heteroatoms. The summed E-state index contributed by atoms with van der Waals surface area (Å²) in [7, 11) is 0. The maximum absolute atomic E-state index is 12.2. The fourth-order valence-corrected chi connectivity index (χ4v) is 3.48. The van der Waals surface area contributed by atoms with Gasteiger partial charge in [-0.25, -0.2) is 9.97 Å². The van der Waals surface area contributed by atoms with E-state index >= 15 is 0 Å². The van der Waals surface area contributed by atoms with E-state index < -0.39 is 0 Å². The molecule has 0 aromatic carbocycles. The standard InChI is InChI=1S/C18H26N4O2/c1-12(2)8-17(24)22-7-5-16-15(11-22)9-19-18(20-16)14-4-6-21(10-14)13(3)23/h9,12,14H,4-8,10-11H2,1-3H3. The van der Waals surface area contributed by atoms with Crippen LogP contribution in [0.3, 0.4) is 0 Å². The van der Waals surface area contributed by atoms with Gasteiger partial charge in [-0.05, 0) is 12.3 Å². The molecule has 0 bridgehead atoms. The summed E-state index contributed by atoms with van der Waals surface area (Å²) >= 11 is 0. The minimum atomic E-state index is 0.120. The Bertz CT molecular complexity index is 644. The average molecular weight is 330 g/mol. The van der Waals surface area contributed by atoms with E-state index in [0.717, 1.165) is 43.0 Å². The summed E-state index contributed by atoms with van der Waals surface area (Å²) in [6, 6.07) is 0. The summed E-state index contributed by atoms with van der Waals surface area (Å²) in [4.78, 5) is 36.8. The van der Waals surface area contributed by atoms with Crippen LogP contribution in [-0.4, -0.2) is 51.2 Å². The van der Waals surface area contributed by atoms with E-state index in [1.54, 1.807) is 6.92 Å². The van der Waals surface area contributed by atoms with Gasteiger partial charge in [-0.2, -0.15) is 0 Å². The van der Waals surface area contributed by atoms with Gasteiger partial charge in [0.2, 0.25) is 11.8 Å². The van der Waals surface area contributed by atoms with Gasteiger partial charge in [0.15, 0.2) is 0 Å². The quantitative estimate of drug-likeness (QED) is 0.847. The summed E-state index contributed by atoms with van der Waals surface area (Å²) in [5, 5.41) is 0. The van der Waals surface area contributed by atoms with Crippen molar-refractivity contribution in [3.8, 4) is 0 Å². The number of nitrogens with zero attached hydrogens (tertiary/aromatic N) is 4. The summed E-state index contributed by atoms with van der Waals surface area (Å²) in [5.41, 5.74) is 2.12. The van der Waals surface area contributed by atoms with Gasteiger partial charge in [-0.15, -0.1) is 0 Å². The number of aromatic nitrogens is 2. The molecule has 0 N–H and O–H groups in total. The van der Waals surface area contributed by atoms with Crippen molar-refractivity contribution >= 4 is 11.8 Å². The highest BCUT2D eigenvalue weighted by molar-refractivity contribution is 5.76. The number of rotatable bonds is 3. The lowest BCUT2D eigenvalue weighted by atomic mass is 10.0.